The van der Waals surface area contributed by atoms with E-state index < -0.39 is 11.4 Å². The SMILES string of the molecule is CC(=O)c1cccc(OCC(=O)N2CC[C@](C)(C(=O)O)C2)c1. The minimum Gasteiger partial charge on any atom is -0.484 e. The third kappa shape index (κ3) is 3.44. The van der Waals surface area contributed by atoms with Gasteiger partial charge in [0.1, 0.15) is 5.75 Å². The molecule has 1 amide bonds. The Morgan fingerprint density at radius 1 is 1.36 bits per heavy atom. The van der Waals surface area contributed by atoms with Gasteiger partial charge in [0, 0.05) is 18.7 Å². The normalized spacial score (nSPS) is 20.7. The van der Waals surface area contributed by atoms with E-state index in [1.807, 2.05) is 0 Å². The van der Waals surface area contributed by atoms with Gasteiger partial charge in [-0.2, -0.15) is 0 Å². The number of ketones is 1. The van der Waals surface area contributed by atoms with E-state index in [4.69, 9.17) is 9.84 Å². The Morgan fingerprint density at radius 2 is 2.09 bits per heavy atom. The van der Waals surface area contributed by atoms with E-state index in [9.17, 15) is 14.4 Å². The monoisotopic (exact) mass is 305 g/mol. The third-order valence-electron chi connectivity index (χ3n) is 3.95. The Morgan fingerprint density at radius 3 is 2.68 bits per heavy atom. The standard InChI is InChI=1S/C16H19NO5/c1-11(18)12-4-3-5-13(8-12)22-9-14(19)17-7-6-16(2,10-17)15(20)21/h3-5,8H,6-7,9-10H2,1-2H3,(H,20,21)/t16-/m0/s1. The lowest BCUT2D eigenvalue weighted by atomic mass is 9.90. The summed E-state index contributed by atoms with van der Waals surface area (Å²) in [7, 11) is 0. The number of carbonyl (C=O) groups excluding carboxylic acids is 2. The molecule has 1 aromatic rings. The van der Waals surface area contributed by atoms with E-state index >= 15 is 0 Å². The molecule has 1 aliphatic heterocycles. The van der Waals surface area contributed by atoms with Crippen LogP contribution in [0.25, 0.3) is 0 Å². The molecule has 0 bridgehead atoms. The number of rotatable bonds is 5. The molecule has 2 rings (SSSR count). The van der Waals surface area contributed by atoms with Gasteiger partial charge in [0.2, 0.25) is 0 Å². The van der Waals surface area contributed by atoms with Gasteiger partial charge in [-0.15, -0.1) is 0 Å². The average molecular weight is 305 g/mol. The molecule has 0 unspecified atom stereocenters. The van der Waals surface area contributed by atoms with Crippen molar-refractivity contribution in [1.82, 2.24) is 4.90 Å². The van der Waals surface area contributed by atoms with E-state index in [2.05, 4.69) is 0 Å². The minimum atomic E-state index is -0.891. The fourth-order valence-corrected chi connectivity index (χ4v) is 2.39. The first-order chi connectivity index (χ1) is 10.3. The molecule has 0 saturated carbocycles. The number of carboxylic acid groups (broad SMARTS) is 1. The number of nitrogens with zero attached hydrogens (tertiary/aromatic N) is 1. The Hall–Kier alpha value is -2.37. The van der Waals surface area contributed by atoms with Gasteiger partial charge in [0.15, 0.2) is 12.4 Å². The minimum absolute atomic E-state index is 0.0754. The van der Waals surface area contributed by atoms with Gasteiger partial charge in [-0.05, 0) is 32.4 Å². The number of aliphatic carboxylic acids is 1. The number of amides is 1. The predicted octanol–water partition coefficient (Wildman–Crippen LogP) is 1.59. The van der Waals surface area contributed by atoms with Crippen LogP contribution < -0.4 is 4.74 Å². The summed E-state index contributed by atoms with van der Waals surface area (Å²) >= 11 is 0. The first-order valence-electron chi connectivity index (χ1n) is 7.07. The van der Waals surface area contributed by atoms with E-state index in [0.29, 0.717) is 24.3 Å². The quantitative estimate of drug-likeness (QED) is 0.835. The van der Waals surface area contributed by atoms with Crippen LogP contribution in [0, 0.1) is 5.41 Å². The fourth-order valence-electron chi connectivity index (χ4n) is 2.39. The van der Waals surface area contributed by atoms with Crippen molar-refractivity contribution in [2.24, 2.45) is 5.41 Å². The summed E-state index contributed by atoms with van der Waals surface area (Å²) in [6.07, 6.45) is 0.438. The zero-order valence-electron chi connectivity index (χ0n) is 12.7. The van der Waals surface area contributed by atoms with Crippen LogP contribution in [-0.4, -0.2) is 47.4 Å². The summed E-state index contributed by atoms with van der Waals surface area (Å²) in [5, 5.41) is 9.16. The van der Waals surface area contributed by atoms with Gasteiger partial charge >= 0.3 is 5.97 Å². The number of hydrogen-bond donors (Lipinski definition) is 1. The second-order valence-electron chi connectivity index (χ2n) is 5.80. The molecule has 22 heavy (non-hydrogen) atoms. The number of likely N-dealkylation sites (tertiary alicyclic amines) is 1. The molecule has 0 aromatic heterocycles. The van der Waals surface area contributed by atoms with E-state index in [0.717, 1.165) is 0 Å². The van der Waals surface area contributed by atoms with Crippen molar-refractivity contribution >= 4 is 17.7 Å². The number of Topliss-reactive ketones (excluding diaryl/α,β-unsaturated/α-hetero) is 1. The van der Waals surface area contributed by atoms with Crippen molar-refractivity contribution in [2.45, 2.75) is 20.3 Å². The molecule has 1 heterocycles. The van der Waals surface area contributed by atoms with Gasteiger partial charge in [0.25, 0.3) is 5.91 Å². The summed E-state index contributed by atoms with van der Waals surface area (Å²) in [5.74, 6) is -0.772. The molecular formula is C16H19NO5. The maximum Gasteiger partial charge on any atom is 0.311 e. The van der Waals surface area contributed by atoms with E-state index in [1.54, 1.807) is 31.2 Å². The van der Waals surface area contributed by atoms with Crippen LogP contribution in [0.3, 0.4) is 0 Å². The zero-order valence-corrected chi connectivity index (χ0v) is 12.7. The number of carboxylic acids is 1. The van der Waals surface area contributed by atoms with Crippen LogP contribution in [-0.2, 0) is 9.59 Å². The van der Waals surface area contributed by atoms with Crippen LogP contribution in [0.4, 0.5) is 0 Å². The van der Waals surface area contributed by atoms with Crippen molar-refractivity contribution in [3.05, 3.63) is 29.8 Å². The highest BCUT2D eigenvalue weighted by Crippen LogP contribution is 2.30. The summed E-state index contributed by atoms with van der Waals surface area (Å²) < 4.78 is 5.41. The fraction of sp³-hybridized carbons (Fsp3) is 0.438. The lowest BCUT2D eigenvalue weighted by molar-refractivity contribution is -0.147. The molecule has 1 aromatic carbocycles. The van der Waals surface area contributed by atoms with Crippen molar-refractivity contribution in [3.8, 4) is 5.75 Å². The van der Waals surface area contributed by atoms with Crippen molar-refractivity contribution in [3.63, 3.8) is 0 Å². The maximum atomic E-state index is 12.1. The largest absolute Gasteiger partial charge is 0.484 e. The molecule has 1 N–H and O–H groups in total. The molecule has 6 heteroatoms. The third-order valence-corrected chi connectivity index (χ3v) is 3.95. The Labute approximate surface area is 128 Å². The molecule has 0 aliphatic carbocycles. The smallest absolute Gasteiger partial charge is 0.311 e. The Kier molecular flexibility index (Phi) is 4.49. The molecule has 1 atom stereocenters. The average Bonchev–Trinajstić information content (AvgIpc) is 2.89. The summed E-state index contributed by atoms with van der Waals surface area (Å²) in [6, 6.07) is 6.62. The van der Waals surface area contributed by atoms with Crippen molar-refractivity contribution in [2.75, 3.05) is 19.7 Å². The summed E-state index contributed by atoms with van der Waals surface area (Å²) in [5.41, 5.74) is -0.367. The molecule has 118 valence electrons. The summed E-state index contributed by atoms with van der Waals surface area (Å²) in [4.78, 5) is 36.1. The van der Waals surface area contributed by atoms with Crippen LogP contribution in [0.5, 0.6) is 5.75 Å². The Balaban J connectivity index is 1.93. The number of hydrogen-bond acceptors (Lipinski definition) is 4. The zero-order chi connectivity index (χ0) is 16.3. The number of carbonyl (C=O) groups is 3. The lowest BCUT2D eigenvalue weighted by Crippen LogP contribution is -2.37. The highest BCUT2D eigenvalue weighted by molar-refractivity contribution is 5.94. The summed E-state index contributed by atoms with van der Waals surface area (Å²) in [6.45, 7) is 3.54. The lowest BCUT2D eigenvalue weighted by Gasteiger charge is -2.20. The van der Waals surface area contributed by atoms with Gasteiger partial charge in [-0.3, -0.25) is 14.4 Å². The van der Waals surface area contributed by atoms with Gasteiger partial charge in [0.05, 0.1) is 5.41 Å². The number of ether oxygens (including phenoxy) is 1. The highest BCUT2D eigenvalue weighted by Gasteiger charge is 2.42. The van der Waals surface area contributed by atoms with E-state index in [-0.39, 0.29) is 24.8 Å². The molecule has 6 nitrogen and oxygen atoms in total. The highest BCUT2D eigenvalue weighted by atomic mass is 16.5. The van der Waals surface area contributed by atoms with Crippen LogP contribution in [0.1, 0.15) is 30.6 Å². The van der Waals surface area contributed by atoms with Gasteiger partial charge < -0.3 is 14.7 Å². The first-order valence-corrected chi connectivity index (χ1v) is 7.07. The molecule has 1 saturated heterocycles. The first kappa shape index (κ1) is 16.0. The molecular weight excluding hydrogens is 286 g/mol. The topological polar surface area (TPSA) is 83.9 Å². The molecule has 1 aliphatic rings. The molecule has 0 radical (unpaired) electrons. The molecule has 0 spiro atoms. The van der Waals surface area contributed by atoms with Gasteiger partial charge in [-0.25, -0.2) is 0 Å². The van der Waals surface area contributed by atoms with Gasteiger partial charge in [-0.1, -0.05) is 12.1 Å². The van der Waals surface area contributed by atoms with Crippen LogP contribution in [0.2, 0.25) is 0 Å². The van der Waals surface area contributed by atoms with Crippen LogP contribution >= 0.6 is 0 Å². The Bertz CT molecular complexity index is 612. The van der Waals surface area contributed by atoms with Crippen molar-refractivity contribution < 1.29 is 24.2 Å². The van der Waals surface area contributed by atoms with Crippen molar-refractivity contribution in [1.29, 1.82) is 0 Å². The molecule has 1 fully saturated rings. The number of benzene rings is 1. The predicted molar refractivity (Wildman–Crippen MR) is 78.9 cm³/mol. The maximum absolute atomic E-state index is 12.1. The van der Waals surface area contributed by atoms with E-state index in [1.165, 1.54) is 11.8 Å². The second kappa shape index (κ2) is 6.17. The van der Waals surface area contributed by atoms with Crippen LogP contribution in [0.15, 0.2) is 24.3 Å². The second-order valence-corrected chi connectivity index (χ2v) is 5.80.